The van der Waals surface area contributed by atoms with Gasteiger partial charge in [0.05, 0.1) is 35.0 Å². The predicted molar refractivity (Wildman–Crippen MR) is 136 cm³/mol. The van der Waals surface area contributed by atoms with Gasteiger partial charge in [-0.15, -0.1) is 11.3 Å². The lowest BCUT2D eigenvalue weighted by molar-refractivity contribution is 0.00149. The molecule has 0 saturated carbocycles. The summed E-state index contributed by atoms with van der Waals surface area (Å²) in [6, 6.07) is 3.58. The molecule has 10 nitrogen and oxygen atoms in total. The predicted octanol–water partition coefficient (Wildman–Crippen LogP) is 2.93. The molecular weight excluding hydrogens is 466 g/mol. The molecular formula is C24H25N7O3S. The number of methoxy groups -OCH3 is 1. The quantitative estimate of drug-likeness (QED) is 0.310. The second-order valence-electron chi connectivity index (χ2n) is 9.71. The normalized spacial score (nSPS) is 16.6. The van der Waals surface area contributed by atoms with Crippen LogP contribution in [0.5, 0.6) is 5.75 Å². The molecule has 3 N–H and O–H groups in total. The molecule has 0 spiro atoms. The van der Waals surface area contributed by atoms with E-state index < -0.39 is 6.23 Å². The van der Waals surface area contributed by atoms with E-state index in [0.29, 0.717) is 45.3 Å². The number of fused-ring (bicyclic) bond motifs is 5. The zero-order chi connectivity index (χ0) is 24.3. The molecule has 0 aromatic carbocycles. The smallest absolute Gasteiger partial charge is 0.261 e. The standard InChI is InChI=1S/C24H25N7O3S/c1-24(2)11-30(12-24)10-18(32)27-13-6-15-20(26-7-13)21-19(22(33)28-15)23-31(29-21)9-17(35-23)14-8-25-5-4-16(14)34-3/h4-9,18,27,32H,10-12H2,1-3H3,(H,28,33). The number of aromatic nitrogens is 5. The van der Waals surface area contributed by atoms with Gasteiger partial charge in [0.25, 0.3) is 5.56 Å². The van der Waals surface area contributed by atoms with Crippen molar-refractivity contribution in [2.75, 3.05) is 32.1 Å². The van der Waals surface area contributed by atoms with E-state index in [1.54, 1.807) is 42.3 Å². The first-order chi connectivity index (χ1) is 16.8. The van der Waals surface area contributed by atoms with Crippen molar-refractivity contribution < 1.29 is 9.84 Å². The number of aromatic amines is 1. The highest BCUT2D eigenvalue weighted by Gasteiger charge is 2.34. The molecule has 0 amide bonds. The summed E-state index contributed by atoms with van der Waals surface area (Å²) in [7, 11) is 1.61. The Labute approximate surface area is 204 Å². The molecule has 0 aliphatic carbocycles. The first kappa shape index (κ1) is 22.0. The molecule has 1 aliphatic rings. The van der Waals surface area contributed by atoms with E-state index in [9.17, 15) is 9.90 Å². The number of β-amino-alcohol motifs (C(OH)–C–C–N with tert-alkyl or cyclic N) is 1. The Bertz CT molecular complexity index is 1630. The molecule has 5 aromatic rings. The van der Waals surface area contributed by atoms with Gasteiger partial charge >= 0.3 is 0 Å². The van der Waals surface area contributed by atoms with Crippen LogP contribution >= 0.6 is 11.3 Å². The molecule has 1 atom stereocenters. The largest absolute Gasteiger partial charge is 0.496 e. The number of aliphatic hydroxyl groups is 1. The number of rotatable bonds is 6. The van der Waals surface area contributed by atoms with Gasteiger partial charge in [-0.2, -0.15) is 5.10 Å². The number of aliphatic hydroxyl groups excluding tert-OH is 1. The number of hydrogen-bond donors (Lipinski definition) is 3. The van der Waals surface area contributed by atoms with Crippen LogP contribution in [0.1, 0.15) is 13.8 Å². The number of H-pyrrole nitrogens is 1. The maximum Gasteiger partial charge on any atom is 0.261 e. The number of anilines is 1. The van der Waals surface area contributed by atoms with Gasteiger partial charge < -0.3 is 20.1 Å². The number of hydrogen-bond acceptors (Lipinski definition) is 9. The van der Waals surface area contributed by atoms with Crippen LogP contribution in [0.2, 0.25) is 0 Å². The van der Waals surface area contributed by atoms with Crippen LogP contribution in [0.4, 0.5) is 5.69 Å². The van der Waals surface area contributed by atoms with Crippen LogP contribution in [-0.4, -0.2) is 67.5 Å². The lowest BCUT2D eigenvalue weighted by atomic mass is 9.84. The lowest BCUT2D eigenvalue weighted by Gasteiger charge is -2.46. The number of thiazole rings is 1. The molecule has 1 aliphatic heterocycles. The molecule has 35 heavy (non-hydrogen) atoms. The Morgan fingerprint density at radius 3 is 2.91 bits per heavy atom. The van der Waals surface area contributed by atoms with E-state index in [1.807, 2.05) is 6.20 Å². The summed E-state index contributed by atoms with van der Waals surface area (Å²) in [5.74, 6) is 0.704. The zero-order valence-corrected chi connectivity index (χ0v) is 20.4. The highest BCUT2D eigenvalue weighted by Crippen LogP contribution is 2.37. The average molecular weight is 492 g/mol. The van der Waals surface area contributed by atoms with Gasteiger partial charge in [0.15, 0.2) is 0 Å². The number of ether oxygens (including phenoxy) is 1. The summed E-state index contributed by atoms with van der Waals surface area (Å²) in [4.78, 5) is 28.6. The van der Waals surface area contributed by atoms with Gasteiger partial charge in [0, 0.05) is 38.2 Å². The third-order valence-electron chi connectivity index (χ3n) is 6.23. The second kappa shape index (κ2) is 8.01. The van der Waals surface area contributed by atoms with E-state index in [0.717, 1.165) is 28.4 Å². The van der Waals surface area contributed by atoms with Crippen molar-refractivity contribution in [3.8, 4) is 16.2 Å². The van der Waals surface area contributed by atoms with E-state index in [4.69, 9.17) is 4.74 Å². The minimum absolute atomic E-state index is 0.239. The van der Waals surface area contributed by atoms with Gasteiger partial charge in [0.1, 0.15) is 33.2 Å². The van der Waals surface area contributed by atoms with E-state index in [1.165, 1.54) is 11.3 Å². The molecule has 1 saturated heterocycles. The van der Waals surface area contributed by atoms with Crippen LogP contribution in [0, 0.1) is 5.41 Å². The molecule has 5 aromatic heterocycles. The van der Waals surface area contributed by atoms with Crippen LogP contribution in [-0.2, 0) is 0 Å². The SMILES string of the molecule is COc1ccncc1-c1cn2nc3c4ncc(NC(O)CN5CC(C)(C)C5)cc4[nH]c(=O)c3c2s1. The minimum Gasteiger partial charge on any atom is -0.496 e. The van der Waals surface area contributed by atoms with Crippen molar-refractivity contribution in [1.29, 1.82) is 0 Å². The number of pyridine rings is 3. The van der Waals surface area contributed by atoms with E-state index >= 15 is 0 Å². The molecule has 1 fully saturated rings. The third-order valence-corrected chi connectivity index (χ3v) is 7.36. The van der Waals surface area contributed by atoms with Crippen LogP contribution < -0.4 is 15.6 Å². The monoisotopic (exact) mass is 491 g/mol. The van der Waals surface area contributed by atoms with Crippen LogP contribution in [0.15, 0.2) is 41.7 Å². The van der Waals surface area contributed by atoms with E-state index in [-0.39, 0.29) is 5.56 Å². The van der Waals surface area contributed by atoms with Crippen molar-refractivity contribution in [1.82, 2.24) is 29.5 Å². The summed E-state index contributed by atoms with van der Waals surface area (Å²) in [5, 5.41) is 18.7. The number of nitrogens with zero attached hydrogens (tertiary/aromatic N) is 5. The summed E-state index contributed by atoms with van der Waals surface area (Å²) in [5.41, 5.74) is 3.23. The highest BCUT2D eigenvalue weighted by molar-refractivity contribution is 7.21. The van der Waals surface area contributed by atoms with E-state index in [2.05, 4.69) is 44.1 Å². The average Bonchev–Trinajstić information content (AvgIpc) is 3.36. The van der Waals surface area contributed by atoms with Crippen LogP contribution in [0.25, 0.3) is 37.2 Å². The van der Waals surface area contributed by atoms with Crippen molar-refractivity contribution in [2.24, 2.45) is 5.41 Å². The van der Waals surface area contributed by atoms with Gasteiger partial charge in [-0.05, 0) is 17.5 Å². The maximum atomic E-state index is 13.1. The Hall–Kier alpha value is -3.54. The molecule has 0 radical (unpaired) electrons. The molecule has 11 heteroatoms. The van der Waals surface area contributed by atoms with Crippen LogP contribution in [0.3, 0.4) is 0 Å². The number of likely N-dealkylation sites (tertiary alicyclic amines) is 1. The Morgan fingerprint density at radius 1 is 1.31 bits per heavy atom. The Morgan fingerprint density at radius 2 is 2.14 bits per heavy atom. The van der Waals surface area contributed by atoms with Crippen molar-refractivity contribution in [3.63, 3.8) is 0 Å². The minimum atomic E-state index is -0.735. The second-order valence-corrected chi connectivity index (χ2v) is 10.7. The lowest BCUT2D eigenvalue weighted by Crippen LogP contribution is -2.55. The van der Waals surface area contributed by atoms with Gasteiger partial charge in [0.2, 0.25) is 0 Å². The molecule has 0 bridgehead atoms. The highest BCUT2D eigenvalue weighted by atomic mass is 32.1. The third kappa shape index (κ3) is 3.81. The van der Waals surface area contributed by atoms with Crippen molar-refractivity contribution in [3.05, 3.63) is 47.3 Å². The summed E-state index contributed by atoms with van der Waals surface area (Å²) < 4.78 is 7.16. The van der Waals surface area contributed by atoms with Gasteiger partial charge in [-0.3, -0.25) is 19.7 Å². The molecule has 6 heterocycles. The molecule has 180 valence electrons. The van der Waals surface area contributed by atoms with Crippen molar-refractivity contribution in [2.45, 2.75) is 20.1 Å². The van der Waals surface area contributed by atoms with Crippen molar-refractivity contribution >= 4 is 43.8 Å². The Balaban J connectivity index is 1.33. The first-order valence-corrected chi connectivity index (χ1v) is 12.1. The number of nitrogens with one attached hydrogen (secondary N) is 2. The maximum absolute atomic E-state index is 13.1. The fraction of sp³-hybridized carbons (Fsp3) is 0.333. The Kier molecular flexibility index (Phi) is 5.02. The first-order valence-electron chi connectivity index (χ1n) is 11.3. The molecule has 6 rings (SSSR count). The van der Waals surface area contributed by atoms with Gasteiger partial charge in [-0.25, -0.2) is 4.52 Å². The summed E-state index contributed by atoms with van der Waals surface area (Å²) in [6.07, 6.45) is 6.20. The van der Waals surface area contributed by atoms with Gasteiger partial charge in [-0.1, -0.05) is 13.8 Å². The fourth-order valence-electron chi connectivity index (χ4n) is 4.87. The topological polar surface area (TPSA) is 121 Å². The fourth-order valence-corrected chi connectivity index (χ4v) is 5.98. The molecule has 1 unspecified atom stereocenters. The summed E-state index contributed by atoms with van der Waals surface area (Å²) in [6.45, 7) is 6.87. The zero-order valence-electron chi connectivity index (χ0n) is 19.6. The summed E-state index contributed by atoms with van der Waals surface area (Å²) >= 11 is 1.45.